The summed E-state index contributed by atoms with van der Waals surface area (Å²) in [5, 5.41) is 8.62. The van der Waals surface area contributed by atoms with Crippen LogP contribution in [0.5, 0.6) is 0 Å². The third-order valence-electron chi connectivity index (χ3n) is 4.77. The molecule has 1 aromatic carbocycles. The van der Waals surface area contributed by atoms with Crippen LogP contribution in [0, 0.1) is 0 Å². The van der Waals surface area contributed by atoms with Gasteiger partial charge in [0.2, 0.25) is 5.91 Å². The summed E-state index contributed by atoms with van der Waals surface area (Å²) >= 11 is 1.45. The molecule has 0 atom stereocenters. The van der Waals surface area contributed by atoms with Gasteiger partial charge in [0.25, 0.3) is 0 Å². The molecule has 3 rings (SSSR count). The SMILES string of the molecule is CC(C)c1ccc(CN2CCN(C(=O)CSc3nncn3C)CC2)cc1. The number of piperazine rings is 1. The van der Waals surface area contributed by atoms with Gasteiger partial charge in [0.15, 0.2) is 5.16 Å². The zero-order valence-electron chi connectivity index (χ0n) is 15.8. The first-order valence-corrected chi connectivity index (χ1v) is 10.1. The number of hydrogen-bond acceptors (Lipinski definition) is 5. The van der Waals surface area contributed by atoms with Crippen LogP contribution in [-0.2, 0) is 18.4 Å². The quantitative estimate of drug-likeness (QED) is 0.728. The van der Waals surface area contributed by atoms with Gasteiger partial charge in [-0.2, -0.15) is 0 Å². The van der Waals surface area contributed by atoms with Crippen LogP contribution in [0.1, 0.15) is 30.9 Å². The molecule has 1 aliphatic rings. The molecule has 2 heterocycles. The molecule has 2 aromatic rings. The van der Waals surface area contributed by atoms with Crippen molar-refractivity contribution in [2.75, 3.05) is 31.9 Å². The van der Waals surface area contributed by atoms with E-state index in [1.54, 1.807) is 6.33 Å². The highest BCUT2D eigenvalue weighted by Crippen LogP contribution is 2.17. The van der Waals surface area contributed by atoms with Gasteiger partial charge < -0.3 is 9.47 Å². The zero-order valence-corrected chi connectivity index (χ0v) is 16.6. The normalized spacial score (nSPS) is 15.6. The van der Waals surface area contributed by atoms with Gasteiger partial charge in [-0.1, -0.05) is 49.9 Å². The number of benzene rings is 1. The number of amides is 1. The molecular weight excluding hydrogens is 346 g/mol. The van der Waals surface area contributed by atoms with Gasteiger partial charge in [-0.15, -0.1) is 10.2 Å². The van der Waals surface area contributed by atoms with E-state index in [0.717, 1.165) is 37.9 Å². The largest absolute Gasteiger partial charge is 0.339 e. The van der Waals surface area contributed by atoms with E-state index in [-0.39, 0.29) is 5.91 Å². The van der Waals surface area contributed by atoms with Gasteiger partial charge >= 0.3 is 0 Å². The van der Waals surface area contributed by atoms with Crippen molar-refractivity contribution in [3.8, 4) is 0 Å². The molecule has 0 bridgehead atoms. The van der Waals surface area contributed by atoms with Crippen molar-refractivity contribution in [1.82, 2.24) is 24.6 Å². The molecule has 1 aliphatic heterocycles. The molecule has 140 valence electrons. The highest BCUT2D eigenvalue weighted by molar-refractivity contribution is 7.99. The minimum atomic E-state index is 0.180. The average molecular weight is 374 g/mol. The molecule has 7 heteroatoms. The van der Waals surface area contributed by atoms with E-state index in [9.17, 15) is 4.79 Å². The van der Waals surface area contributed by atoms with Crippen LogP contribution in [0.25, 0.3) is 0 Å². The van der Waals surface area contributed by atoms with Gasteiger partial charge in [-0.25, -0.2) is 0 Å². The Kier molecular flexibility index (Phi) is 6.32. The van der Waals surface area contributed by atoms with Crippen molar-refractivity contribution in [2.45, 2.75) is 31.5 Å². The summed E-state index contributed by atoms with van der Waals surface area (Å²) in [6.45, 7) is 8.82. The number of aromatic nitrogens is 3. The lowest BCUT2D eigenvalue weighted by atomic mass is 10.0. The monoisotopic (exact) mass is 373 g/mol. The van der Waals surface area contributed by atoms with E-state index in [2.05, 4.69) is 53.2 Å². The Labute approximate surface area is 159 Å². The van der Waals surface area contributed by atoms with Gasteiger partial charge in [0.05, 0.1) is 5.75 Å². The number of nitrogens with zero attached hydrogens (tertiary/aromatic N) is 5. The number of rotatable bonds is 6. The van der Waals surface area contributed by atoms with E-state index in [1.165, 1.54) is 22.9 Å². The summed E-state index contributed by atoms with van der Waals surface area (Å²) in [5.74, 6) is 1.17. The van der Waals surface area contributed by atoms with Crippen LogP contribution < -0.4 is 0 Å². The van der Waals surface area contributed by atoms with E-state index >= 15 is 0 Å². The molecule has 1 fully saturated rings. The number of hydrogen-bond donors (Lipinski definition) is 0. The summed E-state index contributed by atoms with van der Waals surface area (Å²) < 4.78 is 1.83. The summed E-state index contributed by atoms with van der Waals surface area (Å²) in [7, 11) is 1.89. The van der Waals surface area contributed by atoms with Crippen molar-refractivity contribution >= 4 is 17.7 Å². The molecule has 1 amide bonds. The van der Waals surface area contributed by atoms with Gasteiger partial charge in [-0.05, 0) is 17.0 Å². The van der Waals surface area contributed by atoms with Crippen molar-refractivity contribution in [3.63, 3.8) is 0 Å². The maximum absolute atomic E-state index is 12.4. The van der Waals surface area contributed by atoms with Gasteiger partial charge in [0.1, 0.15) is 6.33 Å². The Hall–Kier alpha value is -1.86. The van der Waals surface area contributed by atoms with Crippen LogP contribution in [0.3, 0.4) is 0 Å². The first-order chi connectivity index (χ1) is 12.5. The smallest absolute Gasteiger partial charge is 0.233 e. The Morgan fingerprint density at radius 1 is 1.15 bits per heavy atom. The average Bonchev–Trinajstić information content (AvgIpc) is 3.06. The van der Waals surface area contributed by atoms with E-state index in [0.29, 0.717) is 11.7 Å². The van der Waals surface area contributed by atoms with Crippen molar-refractivity contribution in [1.29, 1.82) is 0 Å². The first kappa shape index (κ1) is 18.9. The maximum Gasteiger partial charge on any atom is 0.233 e. The molecule has 26 heavy (non-hydrogen) atoms. The molecule has 0 spiro atoms. The lowest BCUT2D eigenvalue weighted by Crippen LogP contribution is -2.48. The topological polar surface area (TPSA) is 54.3 Å². The van der Waals surface area contributed by atoms with E-state index < -0.39 is 0 Å². The second-order valence-corrected chi connectivity index (χ2v) is 8.01. The van der Waals surface area contributed by atoms with E-state index in [1.807, 2.05) is 16.5 Å². The molecule has 1 aromatic heterocycles. The van der Waals surface area contributed by atoms with Crippen LogP contribution in [0.2, 0.25) is 0 Å². The highest BCUT2D eigenvalue weighted by Gasteiger charge is 2.21. The minimum absolute atomic E-state index is 0.180. The van der Waals surface area contributed by atoms with Crippen LogP contribution in [0.15, 0.2) is 35.7 Å². The molecular formula is C19H27N5OS. The molecule has 0 saturated carbocycles. The summed E-state index contributed by atoms with van der Waals surface area (Å²) in [5.41, 5.74) is 2.72. The molecule has 0 aliphatic carbocycles. The molecule has 0 unspecified atom stereocenters. The third-order valence-corrected chi connectivity index (χ3v) is 5.79. The van der Waals surface area contributed by atoms with Crippen molar-refractivity contribution in [2.24, 2.45) is 7.05 Å². The summed E-state index contributed by atoms with van der Waals surface area (Å²) in [4.78, 5) is 16.8. The molecule has 6 nitrogen and oxygen atoms in total. The fourth-order valence-electron chi connectivity index (χ4n) is 3.04. The summed E-state index contributed by atoms with van der Waals surface area (Å²) in [6, 6.07) is 8.90. The number of aryl methyl sites for hydroxylation is 1. The standard InChI is InChI=1S/C19H27N5OS/c1-15(2)17-6-4-16(5-7-17)12-23-8-10-24(11-9-23)18(25)13-26-19-21-20-14-22(19)3/h4-7,14-15H,8-13H2,1-3H3. The summed E-state index contributed by atoms with van der Waals surface area (Å²) in [6.07, 6.45) is 1.65. The van der Waals surface area contributed by atoms with Crippen LogP contribution in [0.4, 0.5) is 0 Å². The highest BCUT2D eigenvalue weighted by atomic mass is 32.2. The number of carbonyl (C=O) groups excluding carboxylic acids is 1. The van der Waals surface area contributed by atoms with Crippen molar-refractivity contribution in [3.05, 3.63) is 41.7 Å². The van der Waals surface area contributed by atoms with Crippen LogP contribution >= 0.6 is 11.8 Å². The Morgan fingerprint density at radius 3 is 2.42 bits per heavy atom. The van der Waals surface area contributed by atoms with Gasteiger partial charge in [-0.3, -0.25) is 9.69 Å². The Morgan fingerprint density at radius 2 is 1.85 bits per heavy atom. The lowest BCUT2D eigenvalue weighted by molar-refractivity contribution is -0.130. The predicted octanol–water partition coefficient (Wildman–Crippen LogP) is 2.38. The number of carbonyl (C=O) groups is 1. The third kappa shape index (κ3) is 4.86. The maximum atomic E-state index is 12.4. The Balaban J connectivity index is 1.43. The molecule has 0 radical (unpaired) electrons. The predicted molar refractivity (Wildman–Crippen MR) is 104 cm³/mol. The van der Waals surface area contributed by atoms with Crippen LogP contribution in [-0.4, -0.2) is 62.4 Å². The van der Waals surface area contributed by atoms with Crippen molar-refractivity contribution < 1.29 is 4.79 Å². The Bertz CT molecular complexity index is 720. The zero-order chi connectivity index (χ0) is 18.5. The minimum Gasteiger partial charge on any atom is -0.339 e. The molecule has 1 saturated heterocycles. The first-order valence-electron chi connectivity index (χ1n) is 9.08. The fraction of sp³-hybridized carbons (Fsp3) is 0.526. The van der Waals surface area contributed by atoms with E-state index in [4.69, 9.17) is 0 Å². The lowest BCUT2D eigenvalue weighted by Gasteiger charge is -2.34. The molecule has 0 N–H and O–H groups in total. The number of thioether (sulfide) groups is 1. The fourth-order valence-corrected chi connectivity index (χ4v) is 3.83. The van der Waals surface area contributed by atoms with Gasteiger partial charge in [0, 0.05) is 39.8 Å². The second-order valence-electron chi connectivity index (χ2n) is 7.07. The second kappa shape index (κ2) is 8.68.